The van der Waals surface area contributed by atoms with Gasteiger partial charge in [0.05, 0.1) is 0 Å². The van der Waals surface area contributed by atoms with Crippen LogP contribution in [-0.2, 0) is 11.3 Å². The molecular weight excluding hydrogens is 340 g/mol. The number of halogens is 1. The summed E-state index contributed by atoms with van der Waals surface area (Å²) in [6.45, 7) is 2.78. The topological polar surface area (TPSA) is 111 Å². The Morgan fingerprint density at radius 2 is 2.29 bits per heavy atom. The van der Waals surface area contributed by atoms with Crippen LogP contribution in [0.5, 0.6) is 0 Å². The third-order valence-corrected chi connectivity index (χ3v) is 3.22. The first-order valence-corrected chi connectivity index (χ1v) is 7.34. The highest BCUT2D eigenvalue weighted by Gasteiger charge is 2.14. The molecule has 9 heteroatoms. The summed E-state index contributed by atoms with van der Waals surface area (Å²) < 4.78 is 6.94. The van der Waals surface area contributed by atoms with Gasteiger partial charge >= 0.3 is 5.69 Å². The van der Waals surface area contributed by atoms with Crippen LogP contribution in [0.15, 0.2) is 14.5 Å². The van der Waals surface area contributed by atoms with Gasteiger partial charge in [-0.15, -0.1) is 0 Å². The van der Waals surface area contributed by atoms with Gasteiger partial charge in [-0.25, -0.2) is 14.8 Å². The van der Waals surface area contributed by atoms with Gasteiger partial charge in [-0.3, -0.25) is 4.57 Å². The van der Waals surface area contributed by atoms with Crippen LogP contribution < -0.4 is 11.4 Å². The smallest absolute Gasteiger partial charge is 0.351 e. The molecule has 0 radical (unpaired) electrons. The highest BCUT2D eigenvalue weighted by atomic mass is 79.9. The van der Waals surface area contributed by atoms with E-state index in [9.17, 15) is 4.79 Å². The molecule has 0 unspecified atom stereocenters. The average molecular weight is 357 g/mol. The van der Waals surface area contributed by atoms with Crippen molar-refractivity contribution in [2.45, 2.75) is 26.3 Å². The van der Waals surface area contributed by atoms with Gasteiger partial charge in [0.2, 0.25) is 0 Å². The molecule has 0 spiro atoms. The Kier molecular flexibility index (Phi) is 5.07. The average Bonchev–Trinajstić information content (AvgIpc) is 2.80. The summed E-state index contributed by atoms with van der Waals surface area (Å²) in [6, 6.07) is 0. The van der Waals surface area contributed by atoms with Crippen LogP contribution in [0.3, 0.4) is 0 Å². The molecule has 0 saturated carbocycles. The lowest BCUT2D eigenvalue weighted by atomic mass is 10.3. The number of amidine groups is 1. The van der Waals surface area contributed by atoms with Crippen molar-refractivity contribution < 1.29 is 4.74 Å². The van der Waals surface area contributed by atoms with Gasteiger partial charge in [-0.2, -0.15) is 4.98 Å². The Bertz CT molecular complexity index is 720. The molecule has 21 heavy (non-hydrogen) atoms. The van der Waals surface area contributed by atoms with E-state index >= 15 is 0 Å². The third kappa shape index (κ3) is 3.48. The van der Waals surface area contributed by atoms with E-state index in [1.54, 1.807) is 0 Å². The molecule has 3 N–H and O–H groups in total. The zero-order chi connectivity index (χ0) is 15.4. The van der Waals surface area contributed by atoms with Crippen LogP contribution in [0.1, 0.15) is 19.8 Å². The van der Waals surface area contributed by atoms with Crippen molar-refractivity contribution in [3.05, 3.63) is 15.2 Å². The lowest BCUT2D eigenvalue weighted by molar-refractivity contribution is 0.244. The number of H-pyrrole nitrogens is 1. The van der Waals surface area contributed by atoms with Gasteiger partial charge in [0, 0.05) is 13.7 Å². The number of imidazole rings is 1. The molecule has 0 atom stereocenters. The molecule has 2 aromatic heterocycles. The lowest BCUT2D eigenvalue weighted by Gasteiger charge is -2.06. The number of methoxy groups -OCH3 is 1. The molecule has 0 amide bonds. The van der Waals surface area contributed by atoms with Crippen LogP contribution in [-0.4, -0.2) is 39.1 Å². The predicted octanol–water partition coefficient (Wildman–Crippen LogP) is 1.32. The van der Waals surface area contributed by atoms with Gasteiger partial charge in [-0.05, 0) is 22.4 Å². The fourth-order valence-electron chi connectivity index (χ4n) is 1.90. The summed E-state index contributed by atoms with van der Waals surface area (Å²) in [5.41, 5.74) is 6.40. The predicted molar refractivity (Wildman–Crippen MR) is 83.9 cm³/mol. The third-order valence-electron chi connectivity index (χ3n) is 2.84. The van der Waals surface area contributed by atoms with E-state index in [0.29, 0.717) is 22.4 Å². The van der Waals surface area contributed by atoms with E-state index in [0.717, 1.165) is 12.8 Å². The van der Waals surface area contributed by atoms with E-state index in [2.05, 4.69) is 42.8 Å². The number of unbranched alkanes of at least 4 members (excludes halogenated alkanes) is 1. The molecule has 0 aromatic carbocycles. The molecule has 0 fully saturated rings. The van der Waals surface area contributed by atoms with Crippen LogP contribution in [0.2, 0.25) is 0 Å². The van der Waals surface area contributed by atoms with Crippen molar-refractivity contribution in [1.82, 2.24) is 19.5 Å². The Morgan fingerprint density at radius 3 is 2.95 bits per heavy atom. The van der Waals surface area contributed by atoms with Gasteiger partial charge < -0.3 is 15.5 Å². The first-order valence-electron chi connectivity index (χ1n) is 6.54. The molecule has 2 heterocycles. The summed E-state index contributed by atoms with van der Waals surface area (Å²) in [5, 5.41) is 0. The van der Waals surface area contributed by atoms with Crippen LogP contribution in [0.25, 0.3) is 11.2 Å². The number of hydrogen-bond acceptors (Lipinski definition) is 5. The van der Waals surface area contributed by atoms with Crippen molar-refractivity contribution in [1.29, 1.82) is 0 Å². The van der Waals surface area contributed by atoms with Crippen LogP contribution >= 0.6 is 15.9 Å². The summed E-state index contributed by atoms with van der Waals surface area (Å²) in [7, 11) is 1.51. The molecule has 0 bridgehead atoms. The van der Waals surface area contributed by atoms with E-state index < -0.39 is 0 Å². The van der Waals surface area contributed by atoms with E-state index in [4.69, 9.17) is 10.5 Å². The molecule has 0 aliphatic rings. The van der Waals surface area contributed by atoms with Crippen LogP contribution in [0, 0.1) is 0 Å². The fraction of sp³-hybridized carbons (Fsp3) is 0.500. The quantitative estimate of drug-likeness (QED) is 0.460. The van der Waals surface area contributed by atoms with Crippen molar-refractivity contribution in [3.8, 4) is 0 Å². The zero-order valence-electron chi connectivity index (χ0n) is 11.9. The Morgan fingerprint density at radius 1 is 1.52 bits per heavy atom. The Balaban J connectivity index is 2.59. The number of aliphatic imine (C=N–C) groups is 1. The zero-order valence-corrected chi connectivity index (χ0v) is 13.5. The number of nitrogens with one attached hydrogen (secondary N) is 1. The van der Waals surface area contributed by atoms with Gasteiger partial charge in [0.25, 0.3) is 0 Å². The SMILES string of the molecule is CCCCn1c(=O)nc(N=C(N)COC)c2[nH]c(Br)nc21. The van der Waals surface area contributed by atoms with Gasteiger partial charge in [0.15, 0.2) is 16.2 Å². The summed E-state index contributed by atoms with van der Waals surface area (Å²) in [4.78, 5) is 27.5. The summed E-state index contributed by atoms with van der Waals surface area (Å²) >= 11 is 3.27. The van der Waals surface area contributed by atoms with Crippen molar-refractivity contribution in [2.24, 2.45) is 10.7 Å². The second kappa shape index (κ2) is 6.81. The molecule has 2 aromatic rings. The Hall–Kier alpha value is -1.74. The van der Waals surface area contributed by atoms with E-state index in [1.807, 2.05) is 0 Å². The molecule has 0 aliphatic heterocycles. The molecular formula is C12H17BrN6O2. The molecule has 114 valence electrons. The number of nitrogens with zero attached hydrogens (tertiary/aromatic N) is 4. The minimum Gasteiger partial charge on any atom is -0.385 e. The number of ether oxygens (including phenoxy) is 1. The largest absolute Gasteiger partial charge is 0.385 e. The number of aromatic nitrogens is 4. The van der Waals surface area contributed by atoms with Crippen molar-refractivity contribution >= 4 is 38.7 Å². The van der Waals surface area contributed by atoms with Crippen molar-refractivity contribution in [2.75, 3.05) is 13.7 Å². The minimum atomic E-state index is -0.390. The second-order valence-electron chi connectivity index (χ2n) is 4.49. The molecule has 8 nitrogen and oxygen atoms in total. The molecule has 0 aliphatic carbocycles. The maximum absolute atomic E-state index is 12.1. The van der Waals surface area contributed by atoms with E-state index in [-0.39, 0.29) is 24.0 Å². The van der Waals surface area contributed by atoms with E-state index in [1.165, 1.54) is 11.7 Å². The summed E-state index contributed by atoms with van der Waals surface area (Å²) in [6.07, 6.45) is 1.84. The standard InChI is InChI=1S/C12H17BrN6O2/c1-3-4-5-19-10-8(16-11(13)18-10)9(17-12(19)20)15-7(14)6-21-2/h3-6H2,1-2H3,(H,16,18)(H2,14,15,17,20). The number of aryl methyl sites for hydroxylation is 1. The van der Waals surface area contributed by atoms with Crippen LogP contribution in [0.4, 0.5) is 5.82 Å². The summed E-state index contributed by atoms with van der Waals surface area (Å²) in [5.74, 6) is 0.457. The number of aromatic amines is 1. The number of fused-ring (bicyclic) bond motifs is 1. The second-order valence-corrected chi connectivity index (χ2v) is 5.24. The maximum atomic E-state index is 12.1. The monoisotopic (exact) mass is 356 g/mol. The number of nitrogens with two attached hydrogens (primary N) is 1. The highest BCUT2D eigenvalue weighted by molar-refractivity contribution is 9.10. The highest BCUT2D eigenvalue weighted by Crippen LogP contribution is 2.22. The lowest BCUT2D eigenvalue weighted by Crippen LogP contribution is -2.24. The molecule has 2 rings (SSSR count). The Labute approximate surface area is 129 Å². The van der Waals surface area contributed by atoms with Gasteiger partial charge in [0.1, 0.15) is 18.0 Å². The fourth-order valence-corrected chi connectivity index (χ4v) is 2.27. The minimum absolute atomic E-state index is 0.164. The van der Waals surface area contributed by atoms with Gasteiger partial charge in [-0.1, -0.05) is 13.3 Å². The first kappa shape index (κ1) is 15.6. The number of hydrogen-bond donors (Lipinski definition) is 2. The molecule has 0 saturated heterocycles. The normalized spacial score (nSPS) is 12.2. The number of rotatable bonds is 6. The van der Waals surface area contributed by atoms with Crippen molar-refractivity contribution in [3.63, 3.8) is 0 Å². The maximum Gasteiger partial charge on any atom is 0.351 e. The first-order chi connectivity index (χ1) is 10.1.